The van der Waals surface area contributed by atoms with Gasteiger partial charge in [-0.15, -0.1) is 0 Å². The van der Waals surface area contributed by atoms with Gasteiger partial charge >= 0.3 is 0 Å². The van der Waals surface area contributed by atoms with Gasteiger partial charge in [-0.25, -0.2) is 0 Å². The molecule has 3 rings (SSSR count). The number of aryl methyl sites for hydroxylation is 1. The van der Waals surface area contributed by atoms with Crippen molar-refractivity contribution >= 4 is 0 Å². The molecule has 0 spiro atoms. The van der Waals surface area contributed by atoms with Crippen molar-refractivity contribution in [1.29, 1.82) is 5.26 Å². The fraction of sp³-hybridized carbons (Fsp3) is 0.333. The molecule has 2 aromatic rings. The monoisotopic (exact) mass is 277 g/mol. The highest BCUT2D eigenvalue weighted by molar-refractivity contribution is 5.36. The average Bonchev–Trinajstić information content (AvgIpc) is 2.49. The minimum atomic E-state index is -0.301. The summed E-state index contributed by atoms with van der Waals surface area (Å²) in [4.78, 5) is 4.30. The van der Waals surface area contributed by atoms with E-state index in [4.69, 9.17) is 0 Å². The minimum Gasteiger partial charge on any atom is -0.310 e. The third-order valence-electron chi connectivity index (χ3n) is 4.30. The molecule has 3 heteroatoms. The maximum atomic E-state index is 9.54. The summed E-state index contributed by atoms with van der Waals surface area (Å²) < 4.78 is 0. The Hall–Kier alpha value is -2.18. The van der Waals surface area contributed by atoms with Gasteiger partial charge in [0.25, 0.3) is 0 Å². The Morgan fingerprint density at radius 2 is 2.00 bits per heavy atom. The van der Waals surface area contributed by atoms with E-state index in [1.165, 1.54) is 5.56 Å². The van der Waals surface area contributed by atoms with E-state index < -0.39 is 0 Å². The van der Waals surface area contributed by atoms with Crippen molar-refractivity contribution in [3.05, 3.63) is 65.5 Å². The van der Waals surface area contributed by atoms with Crippen LogP contribution in [0.1, 0.15) is 29.7 Å². The molecular weight excluding hydrogens is 258 g/mol. The Kier molecular flexibility index (Phi) is 3.72. The number of nitrogens with one attached hydrogen (secondary N) is 1. The molecule has 3 nitrogen and oxygen atoms in total. The van der Waals surface area contributed by atoms with Crippen LogP contribution in [-0.2, 0) is 12.0 Å². The first kappa shape index (κ1) is 13.8. The van der Waals surface area contributed by atoms with Crippen molar-refractivity contribution in [3.63, 3.8) is 0 Å². The number of hydrogen-bond acceptors (Lipinski definition) is 3. The molecule has 1 aliphatic carbocycles. The maximum absolute atomic E-state index is 9.54. The summed E-state index contributed by atoms with van der Waals surface area (Å²) in [7, 11) is 0. The van der Waals surface area contributed by atoms with Gasteiger partial charge in [0, 0.05) is 24.5 Å². The molecule has 0 aliphatic heterocycles. The summed E-state index contributed by atoms with van der Waals surface area (Å²) in [6.07, 6.45) is 3.68. The summed E-state index contributed by atoms with van der Waals surface area (Å²) in [6.45, 7) is 2.80. The normalized spacial score (nSPS) is 24.1. The van der Waals surface area contributed by atoms with Gasteiger partial charge in [0.15, 0.2) is 0 Å². The SMILES string of the molecule is Cc1ccc(CNC2CC(C#N)(c3ccccc3)C2)cn1. The predicted molar refractivity (Wildman–Crippen MR) is 82.6 cm³/mol. The number of nitrogens with zero attached hydrogens (tertiary/aromatic N) is 2. The van der Waals surface area contributed by atoms with Gasteiger partial charge in [0.05, 0.1) is 11.5 Å². The molecule has 0 radical (unpaired) electrons. The first-order valence-electron chi connectivity index (χ1n) is 7.33. The third-order valence-corrected chi connectivity index (χ3v) is 4.30. The number of aromatic nitrogens is 1. The van der Waals surface area contributed by atoms with Crippen LogP contribution in [0, 0.1) is 18.3 Å². The largest absolute Gasteiger partial charge is 0.310 e. The van der Waals surface area contributed by atoms with Gasteiger partial charge in [-0.2, -0.15) is 5.26 Å². The second-order valence-corrected chi connectivity index (χ2v) is 5.85. The van der Waals surface area contributed by atoms with Crippen LogP contribution < -0.4 is 5.32 Å². The highest BCUT2D eigenvalue weighted by Crippen LogP contribution is 2.43. The van der Waals surface area contributed by atoms with Gasteiger partial charge in [0.2, 0.25) is 0 Å². The Balaban J connectivity index is 1.58. The first-order chi connectivity index (χ1) is 10.2. The molecule has 106 valence electrons. The van der Waals surface area contributed by atoms with Gasteiger partial charge < -0.3 is 5.32 Å². The first-order valence-corrected chi connectivity index (χ1v) is 7.33. The van der Waals surface area contributed by atoms with Crippen molar-refractivity contribution in [2.75, 3.05) is 0 Å². The topological polar surface area (TPSA) is 48.7 Å². The number of benzene rings is 1. The fourth-order valence-electron chi connectivity index (χ4n) is 2.94. The van der Waals surface area contributed by atoms with Crippen LogP contribution in [-0.4, -0.2) is 11.0 Å². The molecule has 21 heavy (non-hydrogen) atoms. The molecule has 1 aliphatic rings. The lowest BCUT2D eigenvalue weighted by atomic mass is 9.62. The van der Waals surface area contributed by atoms with E-state index in [-0.39, 0.29) is 5.41 Å². The lowest BCUT2D eigenvalue weighted by Crippen LogP contribution is -2.50. The van der Waals surface area contributed by atoms with Crippen LogP contribution in [0.5, 0.6) is 0 Å². The Morgan fingerprint density at radius 1 is 1.24 bits per heavy atom. The second kappa shape index (κ2) is 5.67. The fourth-order valence-corrected chi connectivity index (χ4v) is 2.94. The van der Waals surface area contributed by atoms with Crippen LogP contribution in [0.3, 0.4) is 0 Å². The Labute approximate surface area is 125 Å². The molecule has 0 bridgehead atoms. The van der Waals surface area contributed by atoms with Crippen LogP contribution in [0.2, 0.25) is 0 Å². The third kappa shape index (κ3) is 2.81. The van der Waals surface area contributed by atoms with E-state index in [1.807, 2.05) is 37.4 Å². The van der Waals surface area contributed by atoms with Gasteiger partial charge in [0.1, 0.15) is 0 Å². The summed E-state index contributed by atoms with van der Waals surface area (Å²) >= 11 is 0. The van der Waals surface area contributed by atoms with Crippen molar-refractivity contribution in [3.8, 4) is 6.07 Å². The average molecular weight is 277 g/mol. The van der Waals surface area contributed by atoms with Crippen molar-refractivity contribution < 1.29 is 0 Å². The molecule has 1 aromatic heterocycles. The summed E-state index contributed by atoms with van der Waals surface area (Å²) in [6, 6.07) is 17.2. The molecule has 0 atom stereocenters. The van der Waals surface area contributed by atoms with Gasteiger partial charge in [-0.05, 0) is 37.0 Å². The number of hydrogen-bond donors (Lipinski definition) is 1. The highest BCUT2D eigenvalue weighted by atomic mass is 14.9. The number of rotatable bonds is 4. The smallest absolute Gasteiger partial charge is 0.0852 e. The van der Waals surface area contributed by atoms with E-state index in [2.05, 4.69) is 34.6 Å². The lowest BCUT2D eigenvalue weighted by Gasteiger charge is -2.43. The molecular formula is C18H19N3. The maximum Gasteiger partial charge on any atom is 0.0852 e. The highest BCUT2D eigenvalue weighted by Gasteiger charge is 2.45. The van der Waals surface area contributed by atoms with Crippen LogP contribution >= 0.6 is 0 Å². The van der Waals surface area contributed by atoms with E-state index in [0.29, 0.717) is 6.04 Å². The van der Waals surface area contributed by atoms with Crippen LogP contribution in [0.15, 0.2) is 48.7 Å². The predicted octanol–water partition coefficient (Wildman–Crippen LogP) is 3.10. The van der Waals surface area contributed by atoms with E-state index in [9.17, 15) is 5.26 Å². The Bertz CT molecular complexity index is 634. The van der Waals surface area contributed by atoms with Crippen LogP contribution in [0.4, 0.5) is 0 Å². The quantitative estimate of drug-likeness (QED) is 0.934. The summed E-state index contributed by atoms with van der Waals surface area (Å²) in [5.41, 5.74) is 3.07. The van der Waals surface area contributed by atoms with Gasteiger partial charge in [-0.1, -0.05) is 36.4 Å². The Morgan fingerprint density at radius 3 is 2.62 bits per heavy atom. The van der Waals surface area contributed by atoms with Crippen molar-refractivity contribution in [2.45, 2.75) is 37.8 Å². The van der Waals surface area contributed by atoms with Crippen molar-refractivity contribution in [1.82, 2.24) is 10.3 Å². The van der Waals surface area contributed by atoms with E-state index in [0.717, 1.165) is 30.6 Å². The zero-order valence-corrected chi connectivity index (χ0v) is 12.2. The molecule has 1 fully saturated rings. The molecule has 1 heterocycles. The molecule has 1 N–H and O–H groups in total. The molecule has 0 saturated heterocycles. The second-order valence-electron chi connectivity index (χ2n) is 5.85. The van der Waals surface area contributed by atoms with Crippen LogP contribution in [0.25, 0.3) is 0 Å². The summed E-state index contributed by atoms with van der Waals surface area (Å²) in [5.74, 6) is 0. The zero-order chi connectivity index (χ0) is 14.7. The molecule has 1 saturated carbocycles. The minimum absolute atomic E-state index is 0.301. The summed E-state index contributed by atoms with van der Waals surface area (Å²) in [5, 5.41) is 13.1. The van der Waals surface area contributed by atoms with Crippen molar-refractivity contribution in [2.24, 2.45) is 0 Å². The van der Waals surface area contributed by atoms with E-state index in [1.54, 1.807) is 0 Å². The number of pyridine rings is 1. The van der Waals surface area contributed by atoms with E-state index >= 15 is 0 Å². The lowest BCUT2D eigenvalue weighted by molar-refractivity contribution is 0.225. The zero-order valence-electron chi connectivity index (χ0n) is 12.2. The molecule has 1 aromatic carbocycles. The van der Waals surface area contributed by atoms with Gasteiger partial charge in [-0.3, -0.25) is 4.98 Å². The standard InChI is InChI=1S/C18H19N3/c1-14-7-8-15(11-20-14)12-21-17-9-18(10-17,13-19)16-5-3-2-4-6-16/h2-8,11,17,21H,9-10,12H2,1H3. The number of nitriles is 1. The molecule has 0 unspecified atom stereocenters. The molecule has 0 amide bonds.